The summed E-state index contributed by atoms with van der Waals surface area (Å²) < 4.78 is 10.9. The van der Waals surface area contributed by atoms with Gasteiger partial charge < -0.3 is 18.8 Å². The minimum atomic E-state index is -0.352. The molecule has 0 unspecified atom stereocenters. The largest absolute Gasteiger partial charge is 0.461 e. The second-order valence-corrected chi connectivity index (χ2v) is 6.28. The Morgan fingerprint density at radius 1 is 1.36 bits per heavy atom. The summed E-state index contributed by atoms with van der Waals surface area (Å²) in [4.78, 5) is 32.9. The number of carbonyl (C=O) groups is 1. The van der Waals surface area contributed by atoms with E-state index in [2.05, 4.69) is 15.1 Å². The minimum absolute atomic E-state index is 0.142. The van der Waals surface area contributed by atoms with Gasteiger partial charge in [0.05, 0.1) is 18.3 Å². The Morgan fingerprint density at radius 3 is 3.04 bits per heavy atom. The molecule has 0 aromatic carbocycles. The van der Waals surface area contributed by atoms with Gasteiger partial charge in [-0.2, -0.15) is 0 Å². The Labute approximate surface area is 144 Å². The molecule has 0 atom stereocenters. The second-order valence-electron chi connectivity index (χ2n) is 5.36. The lowest BCUT2D eigenvalue weighted by atomic mass is 10.3. The number of thiophene rings is 1. The summed E-state index contributed by atoms with van der Waals surface area (Å²) in [5.74, 6) is 0.909. The number of furan rings is 1. The van der Waals surface area contributed by atoms with Crippen LogP contribution in [0.3, 0.4) is 0 Å². The van der Waals surface area contributed by atoms with Crippen molar-refractivity contribution in [3.8, 4) is 11.5 Å². The molecule has 0 radical (unpaired) electrons. The van der Waals surface area contributed by atoms with Crippen molar-refractivity contribution < 1.29 is 13.7 Å². The number of nitrogens with zero attached hydrogens (tertiary/aromatic N) is 3. The Bertz CT molecular complexity index is 1090. The van der Waals surface area contributed by atoms with Gasteiger partial charge in [-0.3, -0.25) is 9.59 Å². The number of hydrogen-bond donors (Lipinski definition) is 1. The molecule has 0 bridgehead atoms. The van der Waals surface area contributed by atoms with Gasteiger partial charge >= 0.3 is 0 Å². The fraction of sp³-hybridized carbons (Fsp3) is 0.125. The van der Waals surface area contributed by atoms with Crippen LogP contribution in [0.25, 0.3) is 21.7 Å². The van der Waals surface area contributed by atoms with E-state index in [1.165, 1.54) is 28.6 Å². The molecule has 0 saturated heterocycles. The van der Waals surface area contributed by atoms with Gasteiger partial charge in [-0.05, 0) is 23.6 Å². The van der Waals surface area contributed by atoms with Crippen LogP contribution in [0, 0.1) is 0 Å². The van der Waals surface area contributed by atoms with Gasteiger partial charge in [0.1, 0.15) is 10.5 Å². The van der Waals surface area contributed by atoms with E-state index < -0.39 is 0 Å². The van der Waals surface area contributed by atoms with E-state index in [0.29, 0.717) is 27.6 Å². The van der Waals surface area contributed by atoms with Crippen LogP contribution in [0.15, 0.2) is 49.6 Å². The number of H-pyrrole nitrogens is 1. The van der Waals surface area contributed by atoms with Crippen molar-refractivity contribution in [1.82, 2.24) is 20.0 Å². The van der Waals surface area contributed by atoms with Crippen molar-refractivity contribution >= 4 is 27.5 Å². The van der Waals surface area contributed by atoms with Crippen molar-refractivity contribution in [3.63, 3.8) is 0 Å². The first-order valence-corrected chi connectivity index (χ1v) is 8.22. The van der Waals surface area contributed by atoms with Crippen LogP contribution in [0.1, 0.15) is 16.3 Å². The molecule has 126 valence electrons. The number of aromatic nitrogens is 3. The molecule has 4 aromatic rings. The topological polar surface area (TPSA) is 105 Å². The number of carbonyl (C=O) groups excluding carboxylic acids is 1. The summed E-state index contributed by atoms with van der Waals surface area (Å²) in [7, 11) is 1.60. The third-order valence-electron chi connectivity index (χ3n) is 3.59. The number of fused-ring (bicyclic) bond motifs is 1. The first-order valence-electron chi connectivity index (χ1n) is 7.34. The zero-order valence-corrected chi connectivity index (χ0v) is 13.9. The summed E-state index contributed by atoms with van der Waals surface area (Å²) in [6.07, 6.45) is 1.51. The van der Waals surface area contributed by atoms with Gasteiger partial charge in [0.15, 0.2) is 11.5 Å². The van der Waals surface area contributed by atoms with Crippen molar-refractivity contribution in [3.05, 3.63) is 57.8 Å². The molecule has 9 heteroatoms. The number of hydrogen-bond acceptors (Lipinski definition) is 7. The maximum atomic E-state index is 12.5. The van der Waals surface area contributed by atoms with Crippen LogP contribution in [-0.2, 0) is 6.54 Å². The van der Waals surface area contributed by atoms with E-state index in [1.807, 2.05) is 0 Å². The second kappa shape index (κ2) is 6.02. The van der Waals surface area contributed by atoms with Crippen LogP contribution in [-0.4, -0.2) is 33.0 Å². The smallest absolute Gasteiger partial charge is 0.276 e. The summed E-state index contributed by atoms with van der Waals surface area (Å²) in [6.45, 7) is 0.142. The van der Waals surface area contributed by atoms with E-state index in [4.69, 9.17) is 8.94 Å². The summed E-state index contributed by atoms with van der Waals surface area (Å²) in [5.41, 5.74) is 0.552. The highest BCUT2D eigenvalue weighted by Gasteiger charge is 2.19. The average molecular weight is 356 g/mol. The third kappa shape index (κ3) is 2.85. The number of aromatic amines is 1. The van der Waals surface area contributed by atoms with Crippen LogP contribution in [0.4, 0.5) is 0 Å². The predicted molar refractivity (Wildman–Crippen MR) is 90.2 cm³/mol. The van der Waals surface area contributed by atoms with E-state index in [-0.39, 0.29) is 23.7 Å². The van der Waals surface area contributed by atoms with Crippen molar-refractivity contribution in [1.29, 1.82) is 0 Å². The van der Waals surface area contributed by atoms with E-state index in [9.17, 15) is 9.59 Å². The van der Waals surface area contributed by atoms with Gasteiger partial charge in [-0.25, -0.2) is 4.98 Å². The van der Waals surface area contributed by atoms with Crippen molar-refractivity contribution in [2.45, 2.75) is 6.54 Å². The lowest BCUT2D eigenvalue weighted by Crippen LogP contribution is -2.28. The molecule has 0 aliphatic heterocycles. The van der Waals surface area contributed by atoms with E-state index in [0.717, 1.165) is 0 Å². The summed E-state index contributed by atoms with van der Waals surface area (Å²) in [6, 6.07) is 6.71. The Hall–Kier alpha value is -3.20. The standard InChI is InChI=1S/C16H12N4O4S/c1-20(8-13-17-9-4-6-25-14(9)15(21)18-13)16(22)10-7-12(24-19-10)11-3-2-5-23-11/h2-7H,8H2,1H3,(H,17,18,21). The molecule has 0 fully saturated rings. The first kappa shape index (κ1) is 15.3. The monoisotopic (exact) mass is 356 g/mol. The van der Waals surface area contributed by atoms with Crippen molar-refractivity contribution in [2.75, 3.05) is 7.05 Å². The van der Waals surface area contributed by atoms with E-state index >= 15 is 0 Å². The van der Waals surface area contributed by atoms with Gasteiger partial charge in [0.2, 0.25) is 5.76 Å². The van der Waals surface area contributed by atoms with Crippen LogP contribution in [0.5, 0.6) is 0 Å². The molecule has 0 aliphatic carbocycles. The molecule has 4 aromatic heterocycles. The normalized spacial score (nSPS) is 11.1. The molecule has 1 amide bonds. The fourth-order valence-corrected chi connectivity index (χ4v) is 3.12. The first-order chi connectivity index (χ1) is 12.1. The molecule has 0 spiro atoms. The molecule has 4 rings (SSSR count). The van der Waals surface area contributed by atoms with Gasteiger partial charge in [-0.15, -0.1) is 11.3 Å². The van der Waals surface area contributed by atoms with Gasteiger partial charge in [0.25, 0.3) is 11.5 Å². The van der Waals surface area contributed by atoms with Gasteiger partial charge in [-0.1, -0.05) is 5.16 Å². The molecule has 0 saturated carbocycles. The highest BCUT2D eigenvalue weighted by Crippen LogP contribution is 2.21. The van der Waals surface area contributed by atoms with Crippen LogP contribution in [0.2, 0.25) is 0 Å². The molecule has 25 heavy (non-hydrogen) atoms. The number of nitrogens with one attached hydrogen (secondary N) is 1. The maximum Gasteiger partial charge on any atom is 0.276 e. The third-order valence-corrected chi connectivity index (χ3v) is 4.49. The minimum Gasteiger partial charge on any atom is -0.461 e. The quantitative estimate of drug-likeness (QED) is 0.602. The highest BCUT2D eigenvalue weighted by atomic mass is 32.1. The number of rotatable bonds is 4. The highest BCUT2D eigenvalue weighted by molar-refractivity contribution is 7.17. The zero-order chi connectivity index (χ0) is 17.4. The molecular weight excluding hydrogens is 344 g/mol. The summed E-state index contributed by atoms with van der Waals surface area (Å²) in [5, 5.41) is 5.58. The zero-order valence-electron chi connectivity index (χ0n) is 13.1. The Balaban J connectivity index is 1.54. The molecular formula is C16H12N4O4S. The lowest BCUT2D eigenvalue weighted by Gasteiger charge is -2.14. The maximum absolute atomic E-state index is 12.5. The van der Waals surface area contributed by atoms with Crippen LogP contribution < -0.4 is 5.56 Å². The molecule has 8 nitrogen and oxygen atoms in total. The molecule has 4 heterocycles. The van der Waals surface area contributed by atoms with Gasteiger partial charge in [0, 0.05) is 13.1 Å². The number of amides is 1. The van der Waals surface area contributed by atoms with Crippen LogP contribution >= 0.6 is 11.3 Å². The Morgan fingerprint density at radius 2 is 2.24 bits per heavy atom. The van der Waals surface area contributed by atoms with Crippen molar-refractivity contribution in [2.24, 2.45) is 0 Å². The molecule has 1 N–H and O–H groups in total. The SMILES string of the molecule is CN(Cc1nc2ccsc2c(=O)[nH]1)C(=O)c1cc(-c2ccco2)on1. The molecule has 0 aliphatic rings. The van der Waals surface area contributed by atoms with E-state index in [1.54, 1.807) is 30.6 Å². The summed E-state index contributed by atoms with van der Waals surface area (Å²) >= 11 is 1.33. The predicted octanol–water partition coefficient (Wildman–Crippen LogP) is 2.50. The Kier molecular flexibility index (Phi) is 3.69. The fourth-order valence-electron chi connectivity index (χ4n) is 2.40. The average Bonchev–Trinajstić information content (AvgIpc) is 3.33. The lowest BCUT2D eigenvalue weighted by molar-refractivity contribution is 0.0771.